The molecule has 2 rings (SSSR count). The third kappa shape index (κ3) is 3.11. The van der Waals surface area contributed by atoms with Gasteiger partial charge in [-0.05, 0) is 30.3 Å². The van der Waals surface area contributed by atoms with E-state index in [1.165, 1.54) is 6.20 Å². The molecule has 0 aliphatic carbocycles. The average Bonchev–Trinajstić information content (AvgIpc) is 2.31. The number of carbonyl (C=O) groups is 1. The van der Waals surface area contributed by atoms with Crippen LogP contribution in [0, 0.1) is 0 Å². The zero-order chi connectivity index (χ0) is 13.0. The van der Waals surface area contributed by atoms with Gasteiger partial charge in [0, 0.05) is 11.2 Å². The molecule has 18 heavy (non-hydrogen) atoms. The van der Waals surface area contributed by atoms with E-state index in [2.05, 4.69) is 9.72 Å². The highest BCUT2D eigenvalue weighted by Gasteiger charge is 2.11. The van der Waals surface area contributed by atoms with Crippen LogP contribution >= 0.6 is 11.6 Å². The molecular weight excluding hydrogens is 258 g/mol. The number of hydrogen-bond donors (Lipinski definition) is 1. The van der Waals surface area contributed by atoms with E-state index in [4.69, 9.17) is 21.4 Å². The van der Waals surface area contributed by atoms with Crippen molar-refractivity contribution in [2.24, 2.45) is 0 Å². The van der Waals surface area contributed by atoms with Gasteiger partial charge in [-0.25, -0.2) is 9.78 Å². The summed E-state index contributed by atoms with van der Waals surface area (Å²) in [6.07, 6.45) is -0.0482. The van der Waals surface area contributed by atoms with Crippen LogP contribution in [0.4, 0.5) is 4.79 Å². The van der Waals surface area contributed by atoms with Crippen LogP contribution in [0.25, 0.3) is 0 Å². The Labute approximate surface area is 108 Å². The number of carboxylic acid groups (broad SMARTS) is 1. The minimum absolute atomic E-state index is 0.120. The Morgan fingerprint density at radius 2 is 2.11 bits per heavy atom. The number of aromatic nitrogens is 1. The molecule has 1 heterocycles. The number of halogens is 1. The van der Waals surface area contributed by atoms with Gasteiger partial charge in [-0.1, -0.05) is 17.7 Å². The van der Waals surface area contributed by atoms with E-state index in [-0.39, 0.29) is 11.6 Å². The van der Waals surface area contributed by atoms with Crippen molar-refractivity contribution in [2.75, 3.05) is 0 Å². The quantitative estimate of drug-likeness (QED) is 0.859. The smallest absolute Gasteiger partial charge is 0.452 e. The molecule has 2 aromatic rings. The van der Waals surface area contributed by atoms with Gasteiger partial charge in [-0.3, -0.25) is 0 Å². The van der Waals surface area contributed by atoms with E-state index in [1.54, 1.807) is 36.4 Å². The maximum absolute atomic E-state index is 10.5. The Hall–Kier alpha value is -2.27. The Morgan fingerprint density at radius 1 is 1.28 bits per heavy atom. The van der Waals surface area contributed by atoms with Crippen LogP contribution in [0.5, 0.6) is 17.4 Å². The van der Waals surface area contributed by atoms with Crippen LogP contribution in [0.15, 0.2) is 42.6 Å². The molecule has 0 amide bonds. The normalized spacial score (nSPS) is 9.83. The van der Waals surface area contributed by atoms with Crippen LogP contribution in [0.1, 0.15) is 0 Å². The minimum atomic E-state index is -1.45. The van der Waals surface area contributed by atoms with Crippen LogP contribution in [-0.2, 0) is 0 Å². The molecule has 0 aliphatic heterocycles. The molecule has 0 spiro atoms. The maximum atomic E-state index is 10.5. The standard InChI is InChI=1S/C12H8ClNO4/c13-8-3-1-4-9(7-8)17-10-5-2-6-14-11(10)18-12(15)16/h1-7H,(H,15,16). The van der Waals surface area contributed by atoms with Crippen molar-refractivity contribution in [3.8, 4) is 17.4 Å². The Balaban J connectivity index is 2.26. The molecule has 0 saturated carbocycles. The number of benzene rings is 1. The second kappa shape index (κ2) is 5.37. The van der Waals surface area contributed by atoms with Crippen LogP contribution in [0.2, 0.25) is 5.02 Å². The highest BCUT2D eigenvalue weighted by Crippen LogP contribution is 2.30. The van der Waals surface area contributed by atoms with Crippen molar-refractivity contribution in [1.29, 1.82) is 0 Å². The predicted molar refractivity (Wildman–Crippen MR) is 64.4 cm³/mol. The molecule has 0 unspecified atom stereocenters. The van der Waals surface area contributed by atoms with Gasteiger partial charge >= 0.3 is 6.16 Å². The fourth-order valence-corrected chi connectivity index (χ4v) is 1.45. The third-order valence-corrected chi connectivity index (χ3v) is 2.18. The fraction of sp³-hybridized carbons (Fsp3) is 0. The van der Waals surface area contributed by atoms with Crippen molar-refractivity contribution in [1.82, 2.24) is 4.98 Å². The van der Waals surface area contributed by atoms with E-state index in [0.717, 1.165) is 0 Å². The first-order valence-corrected chi connectivity index (χ1v) is 5.32. The Morgan fingerprint density at radius 3 is 2.83 bits per heavy atom. The lowest BCUT2D eigenvalue weighted by molar-refractivity contribution is 0.141. The number of ether oxygens (including phenoxy) is 2. The largest absolute Gasteiger partial charge is 0.512 e. The summed E-state index contributed by atoms with van der Waals surface area (Å²) in [6.45, 7) is 0. The predicted octanol–water partition coefficient (Wildman–Crippen LogP) is 3.58. The average molecular weight is 266 g/mol. The van der Waals surface area contributed by atoms with E-state index >= 15 is 0 Å². The molecule has 1 N–H and O–H groups in total. The first-order chi connectivity index (χ1) is 8.65. The second-order valence-corrected chi connectivity index (χ2v) is 3.67. The highest BCUT2D eigenvalue weighted by molar-refractivity contribution is 6.30. The minimum Gasteiger partial charge on any atom is -0.452 e. The van der Waals surface area contributed by atoms with Gasteiger partial charge in [0.25, 0.3) is 5.88 Å². The summed E-state index contributed by atoms with van der Waals surface area (Å²) >= 11 is 5.81. The Bertz CT molecular complexity index is 574. The fourth-order valence-electron chi connectivity index (χ4n) is 1.27. The summed E-state index contributed by atoms with van der Waals surface area (Å²) in [4.78, 5) is 14.3. The van der Waals surface area contributed by atoms with Crippen LogP contribution in [-0.4, -0.2) is 16.2 Å². The summed E-state index contributed by atoms with van der Waals surface area (Å²) < 4.78 is 9.95. The zero-order valence-electron chi connectivity index (χ0n) is 9.04. The maximum Gasteiger partial charge on any atom is 0.512 e. The molecule has 1 aromatic carbocycles. The molecular formula is C12H8ClNO4. The van der Waals surface area contributed by atoms with Crippen molar-refractivity contribution in [2.45, 2.75) is 0 Å². The highest BCUT2D eigenvalue weighted by atomic mass is 35.5. The van der Waals surface area contributed by atoms with Crippen molar-refractivity contribution in [3.63, 3.8) is 0 Å². The molecule has 0 saturated heterocycles. The molecule has 6 heteroatoms. The summed E-state index contributed by atoms with van der Waals surface area (Å²) in [7, 11) is 0. The number of nitrogens with zero attached hydrogens (tertiary/aromatic N) is 1. The molecule has 0 aliphatic rings. The lowest BCUT2D eigenvalue weighted by Gasteiger charge is -2.08. The molecule has 0 fully saturated rings. The van der Waals surface area contributed by atoms with Gasteiger partial charge < -0.3 is 14.6 Å². The monoisotopic (exact) mass is 265 g/mol. The topological polar surface area (TPSA) is 68.7 Å². The SMILES string of the molecule is O=C(O)Oc1ncccc1Oc1cccc(Cl)c1. The summed E-state index contributed by atoms with van der Waals surface area (Å²) in [5.74, 6) is 0.540. The first-order valence-electron chi connectivity index (χ1n) is 4.94. The van der Waals surface area contributed by atoms with Gasteiger partial charge in [-0.2, -0.15) is 0 Å². The van der Waals surface area contributed by atoms with E-state index < -0.39 is 6.16 Å². The molecule has 0 radical (unpaired) electrons. The molecule has 5 nitrogen and oxygen atoms in total. The second-order valence-electron chi connectivity index (χ2n) is 3.23. The van der Waals surface area contributed by atoms with Crippen molar-refractivity contribution >= 4 is 17.8 Å². The summed E-state index contributed by atoms with van der Waals surface area (Å²) in [5, 5.41) is 9.07. The number of hydrogen-bond acceptors (Lipinski definition) is 4. The van der Waals surface area contributed by atoms with E-state index in [0.29, 0.717) is 10.8 Å². The molecule has 1 aromatic heterocycles. The van der Waals surface area contributed by atoms with Gasteiger partial charge in [0.2, 0.25) is 0 Å². The van der Waals surface area contributed by atoms with Crippen molar-refractivity contribution in [3.05, 3.63) is 47.6 Å². The Kier molecular flexibility index (Phi) is 3.64. The van der Waals surface area contributed by atoms with Gasteiger partial charge in [0.1, 0.15) is 5.75 Å². The molecule has 92 valence electrons. The van der Waals surface area contributed by atoms with Crippen molar-refractivity contribution < 1.29 is 19.4 Å². The number of rotatable bonds is 3. The summed E-state index contributed by atoms with van der Waals surface area (Å²) in [5.41, 5.74) is 0. The van der Waals surface area contributed by atoms with E-state index in [9.17, 15) is 4.79 Å². The summed E-state index contributed by atoms with van der Waals surface area (Å²) in [6, 6.07) is 9.85. The van der Waals surface area contributed by atoms with Crippen LogP contribution < -0.4 is 9.47 Å². The van der Waals surface area contributed by atoms with Gasteiger partial charge in [0.05, 0.1) is 0 Å². The first kappa shape index (κ1) is 12.2. The number of pyridine rings is 1. The lowest BCUT2D eigenvalue weighted by atomic mass is 10.3. The van der Waals surface area contributed by atoms with E-state index in [1.807, 2.05) is 0 Å². The van der Waals surface area contributed by atoms with Crippen LogP contribution in [0.3, 0.4) is 0 Å². The lowest BCUT2D eigenvalue weighted by Crippen LogP contribution is -2.05. The molecule has 0 bridgehead atoms. The third-order valence-electron chi connectivity index (χ3n) is 1.94. The van der Waals surface area contributed by atoms with Gasteiger partial charge in [0.15, 0.2) is 5.75 Å². The zero-order valence-corrected chi connectivity index (χ0v) is 9.79. The molecule has 0 atom stereocenters. The van der Waals surface area contributed by atoms with Gasteiger partial charge in [-0.15, -0.1) is 0 Å².